The number of hydrogen-bond acceptors (Lipinski definition) is 5. The van der Waals surface area contributed by atoms with Crippen LogP contribution in [-0.2, 0) is 17.8 Å². The summed E-state index contributed by atoms with van der Waals surface area (Å²) < 4.78 is 7.53. The predicted octanol–water partition coefficient (Wildman–Crippen LogP) is 2.82. The molecule has 3 aromatic heterocycles. The van der Waals surface area contributed by atoms with E-state index in [0.29, 0.717) is 24.3 Å². The summed E-state index contributed by atoms with van der Waals surface area (Å²) in [5.41, 5.74) is 2.07. The van der Waals surface area contributed by atoms with Gasteiger partial charge in [0.2, 0.25) is 5.91 Å². The Hall–Kier alpha value is -3.42. The minimum atomic E-state index is -0.776. The number of carbonyl (C=O) groups excluding carboxylic acids is 2. The van der Waals surface area contributed by atoms with E-state index in [1.807, 2.05) is 37.5 Å². The average molecular weight is 407 g/mol. The quantitative estimate of drug-likeness (QED) is 0.702. The first kappa shape index (κ1) is 19.9. The van der Waals surface area contributed by atoms with E-state index >= 15 is 0 Å². The van der Waals surface area contributed by atoms with Gasteiger partial charge in [-0.05, 0) is 45.0 Å². The van der Waals surface area contributed by atoms with E-state index in [0.717, 1.165) is 17.1 Å². The summed E-state index contributed by atoms with van der Waals surface area (Å²) in [5.74, 6) is 0.966. The number of amides is 2. The maximum atomic E-state index is 13.4. The van der Waals surface area contributed by atoms with Crippen LogP contribution in [0, 0.1) is 6.92 Å². The molecule has 8 heteroatoms. The number of fused-ring (bicyclic) bond motifs is 1. The van der Waals surface area contributed by atoms with E-state index in [9.17, 15) is 9.59 Å². The first-order valence-electron chi connectivity index (χ1n) is 10.1. The summed E-state index contributed by atoms with van der Waals surface area (Å²) in [6.07, 6.45) is 5.50. The van der Waals surface area contributed by atoms with Crippen molar-refractivity contribution in [1.82, 2.24) is 24.8 Å². The standard InChI is InChI=1S/C22H25N5O3/c1-14(2)27-13-25-18-8-10-26(22(29)16-5-4-9-23-11-16)20(19(18)27)21(28)24-12-17-7-6-15(3)30-17/h4-7,9,11,13-14,20H,8,10,12H2,1-3H3,(H,24,28)/t20-/m0/s1. The van der Waals surface area contributed by atoms with E-state index in [-0.39, 0.29) is 24.4 Å². The van der Waals surface area contributed by atoms with E-state index in [4.69, 9.17) is 4.42 Å². The largest absolute Gasteiger partial charge is 0.465 e. The lowest BCUT2D eigenvalue weighted by atomic mass is 9.99. The predicted molar refractivity (Wildman–Crippen MR) is 110 cm³/mol. The Bertz CT molecular complexity index is 1050. The number of carbonyl (C=O) groups is 2. The first-order valence-corrected chi connectivity index (χ1v) is 10.1. The molecule has 0 aliphatic carbocycles. The topological polar surface area (TPSA) is 93.3 Å². The summed E-state index contributed by atoms with van der Waals surface area (Å²) in [4.78, 5) is 36.8. The molecule has 1 atom stereocenters. The Morgan fingerprint density at radius 2 is 2.13 bits per heavy atom. The van der Waals surface area contributed by atoms with Gasteiger partial charge in [-0.3, -0.25) is 14.6 Å². The van der Waals surface area contributed by atoms with Gasteiger partial charge in [0.15, 0.2) is 6.04 Å². The lowest BCUT2D eigenvalue weighted by Gasteiger charge is -2.35. The third-order valence-corrected chi connectivity index (χ3v) is 5.28. The van der Waals surface area contributed by atoms with Crippen LogP contribution < -0.4 is 5.32 Å². The van der Waals surface area contributed by atoms with Crippen molar-refractivity contribution >= 4 is 11.8 Å². The van der Waals surface area contributed by atoms with Crippen LogP contribution in [0.3, 0.4) is 0 Å². The van der Waals surface area contributed by atoms with Gasteiger partial charge in [0.25, 0.3) is 5.91 Å². The van der Waals surface area contributed by atoms with Gasteiger partial charge in [0, 0.05) is 31.4 Å². The molecule has 1 aliphatic rings. The number of imidazole rings is 1. The number of rotatable bonds is 5. The summed E-state index contributed by atoms with van der Waals surface area (Å²) in [6.45, 7) is 6.58. The van der Waals surface area contributed by atoms with Gasteiger partial charge in [0.05, 0.1) is 29.8 Å². The molecular formula is C22H25N5O3. The van der Waals surface area contributed by atoms with Crippen molar-refractivity contribution in [2.45, 2.75) is 45.8 Å². The molecule has 2 amide bonds. The van der Waals surface area contributed by atoms with Gasteiger partial charge >= 0.3 is 0 Å². The van der Waals surface area contributed by atoms with Crippen LogP contribution in [0.25, 0.3) is 0 Å². The molecule has 8 nitrogen and oxygen atoms in total. The highest BCUT2D eigenvalue weighted by Crippen LogP contribution is 2.32. The molecule has 0 bridgehead atoms. The van der Waals surface area contributed by atoms with Gasteiger partial charge in [-0.25, -0.2) is 4.98 Å². The monoisotopic (exact) mass is 407 g/mol. The Morgan fingerprint density at radius 3 is 2.80 bits per heavy atom. The van der Waals surface area contributed by atoms with Crippen molar-refractivity contribution in [3.63, 3.8) is 0 Å². The van der Waals surface area contributed by atoms with E-state index in [1.54, 1.807) is 29.6 Å². The number of pyridine rings is 1. The van der Waals surface area contributed by atoms with Gasteiger partial charge in [-0.1, -0.05) is 0 Å². The lowest BCUT2D eigenvalue weighted by Crippen LogP contribution is -2.48. The van der Waals surface area contributed by atoms with E-state index in [2.05, 4.69) is 15.3 Å². The lowest BCUT2D eigenvalue weighted by molar-refractivity contribution is -0.126. The Balaban J connectivity index is 1.68. The number of aryl methyl sites for hydroxylation is 1. The highest BCUT2D eigenvalue weighted by Gasteiger charge is 2.39. The fourth-order valence-corrected chi connectivity index (χ4v) is 3.81. The molecule has 3 aromatic rings. The SMILES string of the molecule is Cc1ccc(CNC(=O)[C@@H]2c3c(ncn3C(C)C)CCN2C(=O)c2cccnc2)o1. The molecule has 0 saturated heterocycles. The van der Waals surface area contributed by atoms with Crippen molar-refractivity contribution in [2.24, 2.45) is 0 Å². The van der Waals surface area contributed by atoms with E-state index in [1.165, 1.54) is 6.20 Å². The summed E-state index contributed by atoms with van der Waals surface area (Å²) >= 11 is 0. The zero-order valence-electron chi connectivity index (χ0n) is 17.3. The Kier molecular flexibility index (Phi) is 5.39. The molecule has 30 heavy (non-hydrogen) atoms. The third-order valence-electron chi connectivity index (χ3n) is 5.28. The molecule has 0 aromatic carbocycles. The maximum Gasteiger partial charge on any atom is 0.256 e. The van der Waals surface area contributed by atoms with Crippen LogP contribution >= 0.6 is 0 Å². The summed E-state index contributed by atoms with van der Waals surface area (Å²) in [7, 11) is 0. The summed E-state index contributed by atoms with van der Waals surface area (Å²) in [6, 6.07) is 6.45. The van der Waals surface area contributed by atoms with Crippen LogP contribution in [0.1, 0.15) is 59.2 Å². The fraction of sp³-hybridized carbons (Fsp3) is 0.364. The number of furan rings is 1. The van der Waals surface area contributed by atoms with Crippen molar-refractivity contribution in [2.75, 3.05) is 6.54 Å². The highest BCUT2D eigenvalue weighted by atomic mass is 16.3. The van der Waals surface area contributed by atoms with Gasteiger partial charge < -0.3 is 19.2 Å². The van der Waals surface area contributed by atoms with Gasteiger partial charge in [-0.2, -0.15) is 0 Å². The number of nitrogens with zero attached hydrogens (tertiary/aromatic N) is 4. The van der Waals surface area contributed by atoms with Crippen molar-refractivity contribution in [1.29, 1.82) is 0 Å². The Labute approximate surface area is 174 Å². The fourth-order valence-electron chi connectivity index (χ4n) is 3.81. The molecule has 4 rings (SSSR count). The van der Waals surface area contributed by atoms with Crippen LogP contribution in [-0.4, -0.2) is 37.8 Å². The average Bonchev–Trinajstić information content (AvgIpc) is 3.37. The molecule has 0 unspecified atom stereocenters. The second-order valence-corrected chi connectivity index (χ2v) is 7.70. The Morgan fingerprint density at radius 1 is 1.30 bits per heavy atom. The van der Waals surface area contributed by atoms with Gasteiger partial charge in [-0.15, -0.1) is 0 Å². The second-order valence-electron chi connectivity index (χ2n) is 7.70. The number of aromatic nitrogens is 3. The van der Waals surface area contributed by atoms with Crippen molar-refractivity contribution in [3.05, 3.63) is 71.5 Å². The molecule has 0 radical (unpaired) electrons. The van der Waals surface area contributed by atoms with Crippen molar-refractivity contribution in [3.8, 4) is 0 Å². The molecule has 0 saturated carbocycles. The van der Waals surface area contributed by atoms with Crippen LogP contribution in [0.2, 0.25) is 0 Å². The molecule has 0 fully saturated rings. The van der Waals surface area contributed by atoms with Crippen LogP contribution in [0.5, 0.6) is 0 Å². The number of hydrogen-bond donors (Lipinski definition) is 1. The smallest absolute Gasteiger partial charge is 0.256 e. The minimum Gasteiger partial charge on any atom is -0.465 e. The molecule has 156 valence electrons. The molecule has 0 spiro atoms. The minimum absolute atomic E-state index is 0.109. The summed E-state index contributed by atoms with van der Waals surface area (Å²) in [5, 5.41) is 2.93. The molecular weight excluding hydrogens is 382 g/mol. The number of nitrogens with one attached hydrogen (secondary N) is 1. The van der Waals surface area contributed by atoms with Gasteiger partial charge in [0.1, 0.15) is 11.5 Å². The zero-order chi connectivity index (χ0) is 21.3. The highest BCUT2D eigenvalue weighted by molar-refractivity contribution is 5.98. The molecule has 1 N–H and O–H groups in total. The second kappa shape index (κ2) is 8.14. The van der Waals surface area contributed by atoms with E-state index < -0.39 is 6.04 Å². The third kappa shape index (κ3) is 3.72. The molecule has 1 aliphatic heterocycles. The maximum absolute atomic E-state index is 13.4. The first-order chi connectivity index (χ1) is 14.5. The van der Waals surface area contributed by atoms with Crippen molar-refractivity contribution < 1.29 is 14.0 Å². The van der Waals surface area contributed by atoms with Crippen LogP contribution in [0.4, 0.5) is 0 Å². The zero-order valence-corrected chi connectivity index (χ0v) is 17.3. The van der Waals surface area contributed by atoms with Crippen LogP contribution in [0.15, 0.2) is 47.4 Å². The molecule has 4 heterocycles. The normalized spacial score (nSPS) is 15.9.